The number of nitrogens with zero attached hydrogens (tertiary/aromatic N) is 4. The highest BCUT2D eigenvalue weighted by molar-refractivity contribution is 9.10. The van der Waals surface area contributed by atoms with Crippen molar-refractivity contribution < 1.29 is 14.3 Å². The van der Waals surface area contributed by atoms with Crippen molar-refractivity contribution in [1.82, 2.24) is 18.7 Å². The zero-order chi connectivity index (χ0) is 20.1. The van der Waals surface area contributed by atoms with Gasteiger partial charge in [0.15, 0.2) is 15.9 Å². The van der Waals surface area contributed by atoms with Gasteiger partial charge in [0.05, 0.1) is 6.10 Å². The summed E-state index contributed by atoms with van der Waals surface area (Å²) in [5.41, 5.74) is -0.157. The summed E-state index contributed by atoms with van der Waals surface area (Å²) in [7, 11) is 1.59. The van der Waals surface area contributed by atoms with Crippen molar-refractivity contribution in [2.24, 2.45) is 7.05 Å². The van der Waals surface area contributed by atoms with Crippen molar-refractivity contribution in [2.75, 3.05) is 6.61 Å². The molecule has 27 heavy (non-hydrogen) atoms. The molecule has 0 aromatic carbocycles. The van der Waals surface area contributed by atoms with E-state index in [0.717, 1.165) is 6.42 Å². The van der Waals surface area contributed by atoms with Gasteiger partial charge in [-0.15, -0.1) is 0 Å². The Morgan fingerprint density at radius 1 is 1.26 bits per heavy atom. The number of hydrogen-bond acceptors (Lipinski definition) is 6. The average Bonchev–Trinajstić information content (AvgIpc) is 2.93. The lowest BCUT2D eigenvalue weighted by Crippen LogP contribution is -2.39. The first-order valence-electron chi connectivity index (χ1n) is 8.88. The van der Waals surface area contributed by atoms with E-state index in [1.54, 1.807) is 11.6 Å². The number of unbranched alkanes of at least 4 members (excludes halogenated alkanes) is 1. The summed E-state index contributed by atoms with van der Waals surface area (Å²) in [6.45, 7) is 6.00. The van der Waals surface area contributed by atoms with Gasteiger partial charge in [-0.1, -0.05) is 0 Å². The summed E-state index contributed by atoms with van der Waals surface area (Å²) in [5.74, 6) is -0.314. The van der Waals surface area contributed by atoms with Gasteiger partial charge in [-0.05, 0) is 49.0 Å². The lowest BCUT2D eigenvalue weighted by atomic mass is 10.2. The highest BCUT2D eigenvalue weighted by Crippen LogP contribution is 2.16. The Bertz CT molecular complexity index is 930. The molecule has 0 bridgehead atoms. The molecule has 0 fully saturated rings. The largest absolute Gasteiger partial charge is 0.463 e. The molecule has 0 amide bonds. The molecule has 10 heteroatoms. The third-order valence-electron chi connectivity index (χ3n) is 4.22. The number of ether oxygens (including phenoxy) is 2. The maximum Gasteiger partial charge on any atom is 0.332 e. The van der Waals surface area contributed by atoms with Crippen LogP contribution in [-0.4, -0.2) is 37.4 Å². The highest BCUT2D eigenvalue weighted by Gasteiger charge is 2.19. The summed E-state index contributed by atoms with van der Waals surface area (Å²) in [6, 6.07) is 0. The minimum Gasteiger partial charge on any atom is -0.463 e. The van der Waals surface area contributed by atoms with Crippen LogP contribution in [0.4, 0.5) is 0 Å². The fourth-order valence-corrected chi connectivity index (χ4v) is 3.33. The molecule has 150 valence electrons. The van der Waals surface area contributed by atoms with E-state index in [1.807, 2.05) is 13.8 Å². The van der Waals surface area contributed by atoms with Gasteiger partial charge in [0.1, 0.15) is 6.73 Å². The average molecular weight is 445 g/mol. The normalized spacial score (nSPS) is 12.5. The summed E-state index contributed by atoms with van der Waals surface area (Å²) in [4.78, 5) is 40.7. The molecule has 1 atom stereocenters. The zero-order valence-corrected chi connectivity index (χ0v) is 17.6. The van der Waals surface area contributed by atoms with E-state index in [4.69, 9.17) is 9.47 Å². The van der Waals surface area contributed by atoms with Crippen LogP contribution >= 0.6 is 15.9 Å². The van der Waals surface area contributed by atoms with E-state index in [0.29, 0.717) is 35.3 Å². The van der Waals surface area contributed by atoms with Crippen molar-refractivity contribution in [1.29, 1.82) is 0 Å². The van der Waals surface area contributed by atoms with Crippen LogP contribution in [0.25, 0.3) is 11.2 Å². The van der Waals surface area contributed by atoms with E-state index in [9.17, 15) is 14.4 Å². The second-order valence-corrected chi connectivity index (χ2v) is 7.03. The first-order chi connectivity index (χ1) is 12.8. The molecule has 2 aromatic heterocycles. The number of rotatable bonds is 9. The van der Waals surface area contributed by atoms with E-state index in [-0.39, 0.29) is 30.9 Å². The molecule has 0 saturated carbocycles. The van der Waals surface area contributed by atoms with E-state index >= 15 is 0 Å². The Labute approximate surface area is 165 Å². The molecule has 0 radical (unpaired) electrons. The first-order valence-corrected chi connectivity index (χ1v) is 9.67. The third-order valence-corrected chi connectivity index (χ3v) is 4.83. The molecule has 0 saturated heterocycles. The third kappa shape index (κ3) is 4.86. The molecule has 1 unspecified atom stereocenters. The number of fused-ring (bicyclic) bond motifs is 1. The van der Waals surface area contributed by atoms with Crippen molar-refractivity contribution in [3.05, 3.63) is 25.6 Å². The second-order valence-electron chi connectivity index (χ2n) is 6.32. The van der Waals surface area contributed by atoms with Crippen LogP contribution in [0.1, 0.15) is 40.0 Å². The van der Waals surface area contributed by atoms with Gasteiger partial charge in [-0.2, -0.15) is 0 Å². The Balaban J connectivity index is 2.25. The van der Waals surface area contributed by atoms with Crippen LogP contribution in [0.5, 0.6) is 0 Å². The van der Waals surface area contributed by atoms with E-state index < -0.39 is 5.69 Å². The molecule has 2 rings (SSSR count). The summed E-state index contributed by atoms with van der Waals surface area (Å²) in [5, 5.41) is 0. The molecule has 0 aliphatic carbocycles. The topological polar surface area (TPSA) is 97.3 Å². The summed E-state index contributed by atoms with van der Waals surface area (Å²) < 4.78 is 15.1. The zero-order valence-electron chi connectivity index (χ0n) is 16.0. The number of aryl methyl sites for hydroxylation is 1. The van der Waals surface area contributed by atoms with Crippen LogP contribution in [0.15, 0.2) is 14.3 Å². The number of aromatic nitrogens is 4. The fraction of sp³-hybridized carbons (Fsp3) is 0.647. The number of carbonyl (C=O) groups excluding carboxylic acids is 1. The monoisotopic (exact) mass is 444 g/mol. The van der Waals surface area contributed by atoms with Gasteiger partial charge in [-0.25, -0.2) is 9.78 Å². The molecule has 0 spiro atoms. The van der Waals surface area contributed by atoms with Gasteiger partial charge in [0.2, 0.25) is 0 Å². The first kappa shape index (κ1) is 21.4. The van der Waals surface area contributed by atoms with Crippen LogP contribution in [0, 0.1) is 0 Å². The predicted molar refractivity (Wildman–Crippen MR) is 104 cm³/mol. The minimum atomic E-state index is -0.408. The van der Waals surface area contributed by atoms with Gasteiger partial charge in [-0.3, -0.25) is 23.3 Å². The smallest absolute Gasteiger partial charge is 0.332 e. The Morgan fingerprint density at radius 2 is 1.96 bits per heavy atom. The number of halogens is 1. The standard InChI is InChI=1S/C17H25BrN4O5/c1-5-26-10-22-13-14(19-16(22)18)20(4)17(25)21(15(13)24)9-7-6-8-11(2)27-12(3)23/h11H,5-10H2,1-4H3. The van der Waals surface area contributed by atoms with Gasteiger partial charge in [0, 0.05) is 27.1 Å². The van der Waals surface area contributed by atoms with Crippen molar-refractivity contribution in [3.8, 4) is 0 Å². The van der Waals surface area contributed by atoms with Crippen LogP contribution in [-0.2, 0) is 34.6 Å². The van der Waals surface area contributed by atoms with E-state index in [2.05, 4.69) is 20.9 Å². The quantitative estimate of drug-likeness (QED) is 0.332. The molecule has 2 heterocycles. The highest BCUT2D eigenvalue weighted by atomic mass is 79.9. The van der Waals surface area contributed by atoms with Crippen molar-refractivity contribution in [3.63, 3.8) is 0 Å². The van der Waals surface area contributed by atoms with Gasteiger partial charge in [0.25, 0.3) is 5.56 Å². The Morgan fingerprint density at radius 3 is 2.59 bits per heavy atom. The molecule has 2 aromatic rings. The number of imidazole rings is 1. The second kappa shape index (κ2) is 9.32. The van der Waals surface area contributed by atoms with Crippen molar-refractivity contribution in [2.45, 2.75) is 59.4 Å². The van der Waals surface area contributed by atoms with Gasteiger partial charge < -0.3 is 9.47 Å². The predicted octanol–water partition coefficient (Wildman–Crippen LogP) is 1.78. The number of hydrogen-bond donors (Lipinski definition) is 0. The van der Waals surface area contributed by atoms with Crippen LogP contribution < -0.4 is 11.2 Å². The number of carbonyl (C=O) groups is 1. The maximum atomic E-state index is 12.9. The minimum absolute atomic E-state index is 0.168. The number of esters is 1. The van der Waals surface area contributed by atoms with E-state index in [1.165, 1.54) is 16.1 Å². The Hall–Kier alpha value is -1.94. The summed E-state index contributed by atoms with van der Waals surface area (Å²) >= 11 is 3.32. The molecular formula is C17H25BrN4O5. The maximum absolute atomic E-state index is 12.9. The lowest BCUT2D eigenvalue weighted by Gasteiger charge is -2.12. The lowest BCUT2D eigenvalue weighted by molar-refractivity contribution is -0.145. The Kier molecular flexibility index (Phi) is 7.37. The van der Waals surface area contributed by atoms with Crippen LogP contribution in [0.3, 0.4) is 0 Å². The fourth-order valence-electron chi connectivity index (χ4n) is 2.89. The SMILES string of the molecule is CCOCn1c(Br)nc2c1c(=O)n(CCCCC(C)OC(C)=O)c(=O)n2C. The molecule has 0 aliphatic rings. The van der Waals surface area contributed by atoms with Gasteiger partial charge >= 0.3 is 11.7 Å². The molecule has 0 aliphatic heterocycles. The molecule has 9 nitrogen and oxygen atoms in total. The molecule has 0 N–H and O–H groups in total. The summed E-state index contributed by atoms with van der Waals surface area (Å²) in [6.07, 6.45) is 1.83. The van der Waals surface area contributed by atoms with Crippen molar-refractivity contribution >= 4 is 33.1 Å². The van der Waals surface area contributed by atoms with Crippen LogP contribution in [0.2, 0.25) is 0 Å². The molecular weight excluding hydrogens is 420 g/mol.